The van der Waals surface area contributed by atoms with Crippen molar-refractivity contribution in [2.45, 2.75) is 52.4 Å². The van der Waals surface area contributed by atoms with E-state index in [2.05, 4.69) is 57.9 Å². The standard InChI is InChI=1S/C23H27N2O/c1-22(2,3)16-13-17(23(4,5)6)21(26)19(14-16)25-18-11-7-9-15-10-8-12-24-20(15)18/h7-14,25H,1-6H3. The smallest absolute Gasteiger partial charge is 0.205 e. The summed E-state index contributed by atoms with van der Waals surface area (Å²) >= 11 is 0. The maximum atomic E-state index is 13.2. The summed E-state index contributed by atoms with van der Waals surface area (Å²) in [5.41, 5.74) is 4.06. The van der Waals surface area contributed by atoms with Crippen LogP contribution in [0.25, 0.3) is 10.9 Å². The lowest BCUT2D eigenvalue weighted by molar-refractivity contribution is 0.342. The molecule has 0 fully saturated rings. The monoisotopic (exact) mass is 347 g/mol. The largest absolute Gasteiger partial charge is 0.351 e. The first-order chi connectivity index (χ1) is 12.1. The van der Waals surface area contributed by atoms with Crippen LogP contribution in [0.3, 0.4) is 0 Å². The van der Waals surface area contributed by atoms with Gasteiger partial charge in [0.15, 0.2) is 0 Å². The zero-order chi connectivity index (χ0) is 19.1. The Balaban J connectivity index is 2.18. The van der Waals surface area contributed by atoms with Crippen molar-refractivity contribution in [3.05, 3.63) is 59.8 Å². The molecule has 3 rings (SSSR count). The summed E-state index contributed by atoms with van der Waals surface area (Å²) < 4.78 is 0. The molecule has 1 heterocycles. The molecule has 0 saturated heterocycles. The first kappa shape index (κ1) is 18.2. The van der Waals surface area contributed by atoms with Gasteiger partial charge in [-0.25, -0.2) is 0 Å². The van der Waals surface area contributed by atoms with Crippen molar-refractivity contribution in [2.75, 3.05) is 5.32 Å². The van der Waals surface area contributed by atoms with E-state index >= 15 is 0 Å². The van der Waals surface area contributed by atoms with E-state index in [-0.39, 0.29) is 16.6 Å². The predicted octanol–water partition coefficient (Wildman–Crippen LogP) is 6.72. The number of fused-ring (bicyclic) bond motifs is 1. The predicted molar refractivity (Wildman–Crippen MR) is 109 cm³/mol. The molecule has 1 N–H and O–H groups in total. The molecule has 1 aromatic heterocycles. The van der Waals surface area contributed by atoms with E-state index in [1.807, 2.05) is 36.4 Å². The van der Waals surface area contributed by atoms with Gasteiger partial charge in [-0.15, -0.1) is 0 Å². The Hall–Kier alpha value is -2.55. The van der Waals surface area contributed by atoms with Crippen LogP contribution in [0, 0.1) is 0 Å². The van der Waals surface area contributed by atoms with Crippen molar-refractivity contribution in [3.8, 4) is 5.75 Å². The van der Waals surface area contributed by atoms with Crippen molar-refractivity contribution in [1.82, 2.24) is 4.98 Å². The summed E-state index contributed by atoms with van der Waals surface area (Å²) in [6, 6.07) is 14.0. The lowest BCUT2D eigenvalue weighted by atomic mass is 9.79. The van der Waals surface area contributed by atoms with Crippen LogP contribution in [-0.2, 0) is 15.9 Å². The van der Waals surface area contributed by atoms with E-state index in [1.54, 1.807) is 6.20 Å². The number of anilines is 2. The molecule has 0 atom stereocenters. The van der Waals surface area contributed by atoms with Crippen molar-refractivity contribution in [1.29, 1.82) is 0 Å². The third kappa shape index (κ3) is 3.52. The SMILES string of the molecule is CC(C)(C)c1cc(Nc2cccc3cccnc23)c([O])c(C(C)(C)C)c1. The van der Waals surface area contributed by atoms with E-state index in [0.29, 0.717) is 5.69 Å². The quantitative estimate of drug-likeness (QED) is 0.559. The van der Waals surface area contributed by atoms with Crippen LogP contribution in [0.1, 0.15) is 52.7 Å². The van der Waals surface area contributed by atoms with Gasteiger partial charge in [-0.3, -0.25) is 10.1 Å². The third-order valence-electron chi connectivity index (χ3n) is 4.67. The number of aromatic nitrogens is 1. The van der Waals surface area contributed by atoms with Crippen LogP contribution in [0.2, 0.25) is 0 Å². The van der Waals surface area contributed by atoms with Gasteiger partial charge < -0.3 is 5.32 Å². The third-order valence-corrected chi connectivity index (χ3v) is 4.67. The van der Waals surface area contributed by atoms with Crippen molar-refractivity contribution in [2.24, 2.45) is 0 Å². The molecule has 0 saturated carbocycles. The second-order valence-corrected chi connectivity index (χ2v) is 8.91. The van der Waals surface area contributed by atoms with E-state index in [4.69, 9.17) is 0 Å². The van der Waals surface area contributed by atoms with Crippen LogP contribution >= 0.6 is 0 Å². The maximum absolute atomic E-state index is 13.2. The molecule has 3 aromatic rings. The molecule has 0 aliphatic heterocycles. The molecule has 2 aromatic carbocycles. The average molecular weight is 347 g/mol. The second-order valence-electron chi connectivity index (χ2n) is 8.91. The number of hydrogen-bond acceptors (Lipinski definition) is 2. The highest BCUT2D eigenvalue weighted by Crippen LogP contribution is 2.42. The molecule has 3 heteroatoms. The summed E-state index contributed by atoms with van der Waals surface area (Å²) in [7, 11) is 0. The molecule has 3 nitrogen and oxygen atoms in total. The number of benzene rings is 2. The van der Waals surface area contributed by atoms with Crippen LogP contribution < -0.4 is 5.32 Å². The van der Waals surface area contributed by atoms with E-state index in [0.717, 1.165) is 27.7 Å². The molecule has 1 radical (unpaired) electrons. The normalized spacial score (nSPS) is 12.4. The topological polar surface area (TPSA) is 44.8 Å². The minimum atomic E-state index is -0.216. The second kappa shape index (κ2) is 6.31. The fourth-order valence-corrected chi connectivity index (χ4v) is 3.06. The number of pyridine rings is 1. The molecular weight excluding hydrogens is 320 g/mol. The van der Waals surface area contributed by atoms with Gasteiger partial charge in [0.2, 0.25) is 5.75 Å². The Morgan fingerprint density at radius 2 is 1.54 bits per heavy atom. The lowest BCUT2D eigenvalue weighted by Gasteiger charge is -2.27. The van der Waals surface area contributed by atoms with Crippen LogP contribution in [0.4, 0.5) is 11.4 Å². The van der Waals surface area contributed by atoms with Crippen LogP contribution in [0.5, 0.6) is 5.75 Å². The van der Waals surface area contributed by atoms with Gasteiger partial charge in [-0.05, 0) is 34.6 Å². The maximum Gasteiger partial charge on any atom is 0.205 e. The van der Waals surface area contributed by atoms with Crippen molar-refractivity contribution in [3.63, 3.8) is 0 Å². The lowest BCUT2D eigenvalue weighted by Crippen LogP contribution is -2.17. The Morgan fingerprint density at radius 3 is 2.19 bits per heavy atom. The fourth-order valence-electron chi connectivity index (χ4n) is 3.06. The minimum Gasteiger partial charge on any atom is -0.351 e. The molecule has 0 bridgehead atoms. The molecule has 0 amide bonds. The number of hydrogen-bond donors (Lipinski definition) is 1. The van der Waals surface area contributed by atoms with Crippen LogP contribution in [-0.4, -0.2) is 4.98 Å². The van der Waals surface area contributed by atoms with Crippen LogP contribution in [0.15, 0.2) is 48.7 Å². The highest BCUT2D eigenvalue weighted by Gasteiger charge is 2.26. The summed E-state index contributed by atoms with van der Waals surface area (Å²) in [4.78, 5) is 4.48. The Kier molecular flexibility index (Phi) is 4.43. The van der Waals surface area contributed by atoms with Gasteiger partial charge in [-0.1, -0.05) is 65.8 Å². The van der Waals surface area contributed by atoms with E-state index in [1.165, 1.54) is 0 Å². The zero-order valence-electron chi connectivity index (χ0n) is 16.5. The van der Waals surface area contributed by atoms with Gasteiger partial charge in [0.25, 0.3) is 0 Å². The molecule has 0 aliphatic rings. The molecule has 135 valence electrons. The van der Waals surface area contributed by atoms with Gasteiger partial charge in [0, 0.05) is 17.1 Å². The van der Waals surface area contributed by atoms with E-state index in [9.17, 15) is 5.11 Å². The number of nitrogens with one attached hydrogen (secondary N) is 1. The molecular formula is C23H27N2O. The number of nitrogens with zero attached hydrogens (tertiary/aromatic N) is 1. The molecule has 0 unspecified atom stereocenters. The summed E-state index contributed by atoms with van der Waals surface area (Å²) in [5, 5.41) is 17.6. The highest BCUT2D eigenvalue weighted by atomic mass is 16.3. The first-order valence-corrected chi connectivity index (χ1v) is 9.04. The Labute approximate surface area is 156 Å². The van der Waals surface area contributed by atoms with Crippen molar-refractivity contribution < 1.29 is 5.11 Å². The molecule has 0 aliphatic carbocycles. The minimum absolute atomic E-state index is 0.0405. The Bertz CT molecular complexity index is 941. The summed E-state index contributed by atoms with van der Waals surface area (Å²) in [6.07, 6.45) is 1.78. The Morgan fingerprint density at radius 1 is 0.846 bits per heavy atom. The molecule has 26 heavy (non-hydrogen) atoms. The molecule has 0 spiro atoms. The average Bonchev–Trinajstić information content (AvgIpc) is 2.55. The fraction of sp³-hybridized carbons (Fsp3) is 0.348. The van der Waals surface area contributed by atoms with Crippen molar-refractivity contribution >= 4 is 22.3 Å². The van der Waals surface area contributed by atoms with Gasteiger partial charge in [-0.2, -0.15) is 0 Å². The van der Waals surface area contributed by atoms with Gasteiger partial charge in [0.1, 0.15) is 0 Å². The summed E-state index contributed by atoms with van der Waals surface area (Å²) in [5.74, 6) is 0.0541. The van der Waals surface area contributed by atoms with E-state index < -0.39 is 0 Å². The highest BCUT2D eigenvalue weighted by molar-refractivity contribution is 5.92. The summed E-state index contributed by atoms with van der Waals surface area (Å²) in [6.45, 7) is 12.8. The number of rotatable bonds is 2. The zero-order valence-corrected chi connectivity index (χ0v) is 16.5. The van der Waals surface area contributed by atoms with Gasteiger partial charge >= 0.3 is 0 Å². The van der Waals surface area contributed by atoms with Gasteiger partial charge in [0.05, 0.1) is 16.9 Å². The first-order valence-electron chi connectivity index (χ1n) is 9.04. The number of para-hydroxylation sites is 1.